The summed E-state index contributed by atoms with van der Waals surface area (Å²) in [4.78, 5) is 0. The molecular formula is C6H7F2N3O. The summed E-state index contributed by atoms with van der Waals surface area (Å²) in [6.45, 7) is 0. The molecule has 2 N–H and O–H groups in total. The van der Waals surface area contributed by atoms with Gasteiger partial charge < -0.3 is 5.11 Å². The van der Waals surface area contributed by atoms with Gasteiger partial charge in [0.15, 0.2) is 0 Å². The van der Waals surface area contributed by atoms with Crippen molar-refractivity contribution in [2.24, 2.45) is 0 Å². The molecule has 0 saturated heterocycles. The lowest BCUT2D eigenvalue weighted by Crippen LogP contribution is -2.49. The van der Waals surface area contributed by atoms with Gasteiger partial charge in [-0.3, -0.25) is 5.10 Å². The van der Waals surface area contributed by atoms with Crippen LogP contribution in [0.4, 0.5) is 8.78 Å². The number of nitrogens with zero attached hydrogens (tertiary/aromatic N) is 2. The second-order valence-corrected chi connectivity index (χ2v) is 3.10. The van der Waals surface area contributed by atoms with Crippen molar-refractivity contribution >= 4 is 0 Å². The molecule has 2 rings (SSSR count). The Balaban J connectivity index is 2.18. The molecule has 0 spiro atoms. The number of hydrogen-bond acceptors (Lipinski definition) is 3. The number of hydrogen-bond donors (Lipinski definition) is 2. The molecule has 0 bridgehead atoms. The molecular weight excluding hydrogens is 168 g/mol. The van der Waals surface area contributed by atoms with E-state index in [2.05, 4.69) is 15.4 Å². The lowest BCUT2D eigenvalue weighted by atomic mass is 9.75. The minimum Gasteiger partial charge on any atom is -0.383 e. The fourth-order valence-electron chi connectivity index (χ4n) is 1.41. The van der Waals surface area contributed by atoms with Crippen LogP contribution in [0, 0.1) is 0 Å². The molecule has 66 valence electrons. The third-order valence-electron chi connectivity index (χ3n) is 2.00. The van der Waals surface area contributed by atoms with Crippen molar-refractivity contribution in [2.45, 2.75) is 24.4 Å². The fourth-order valence-corrected chi connectivity index (χ4v) is 1.41. The number of alkyl halides is 2. The first kappa shape index (κ1) is 7.60. The molecule has 1 aromatic heterocycles. The highest BCUT2D eigenvalue weighted by Crippen LogP contribution is 2.50. The zero-order valence-electron chi connectivity index (χ0n) is 6.09. The van der Waals surface area contributed by atoms with Crippen molar-refractivity contribution in [1.29, 1.82) is 0 Å². The number of aliphatic hydroxyl groups is 1. The zero-order chi connectivity index (χ0) is 8.82. The third-order valence-corrected chi connectivity index (χ3v) is 2.00. The summed E-state index contributed by atoms with van der Waals surface area (Å²) in [5.74, 6) is -2.76. The van der Waals surface area contributed by atoms with Crippen LogP contribution in [-0.4, -0.2) is 26.4 Å². The van der Waals surface area contributed by atoms with Crippen LogP contribution in [0.1, 0.15) is 18.5 Å². The molecule has 0 radical (unpaired) electrons. The number of aromatic amines is 1. The Morgan fingerprint density at radius 1 is 1.50 bits per heavy atom. The smallest absolute Gasteiger partial charge is 0.254 e. The minimum atomic E-state index is -2.76. The molecule has 1 aliphatic carbocycles. The summed E-state index contributed by atoms with van der Waals surface area (Å²) in [5.41, 5.74) is -1.29. The van der Waals surface area contributed by atoms with Crippen LogP contribution < -0.4 is 0 Å². The zero-order valence-corrected chi connectivity index (χ0v) is 6.09. The van der Waals surface area contributed by atoms with Gasteiger partial charge >= 0.3 is 0 Å². The van der Waals surface area contributed by atoms with Gasteiger partial charge in [0.25, 0.3) is 5.92 Å². The van der Waals surface area contributed by atoms with Crippen LogP contribution in [0.3, 0.4) is 0 Å². The number of aromatic nitrogens is 3. The van der Waals surface area contributed by atoms with Crippen LogP contribution in [0.15, 0.2) is 6.20 Å². The van der Waals surface area contributed by atoms with Gasteiger partial charge in [0, 0.05) is 19.0 Å². The molecule has 1 fully saturated rings. The van der Waals surface area contributed by atoms with E-state index in [-0.39, 0.29) is 5.69 Å². The summed E-state index contributed by atoms with van der Waals surface area (Å²) < 4.78 is 24.8. The number of rotatable bonds is 1. The molecule has 4 nitrogen and oxygen atoms in total. The number of nitrogens with one attached hydrogen (secondary N) is 1. The van der Waals surface area contributed by atoms with Crippen molar-refractivity contribution in [3.63, 3.8) is 0 Å². The van der Waals surface area contributed by atoms with E-state index >= 15 is 0 Å². The Bertz CT molecular complexity index is 277. The molecule has 0 atom stereocenters. The maximum Gasteiger partial charge on any atom is 0.254 e. The maximum absolute atomic E-state index is 12.4. The largest absolute Gasteiger partial charge is 0.383 e. The third kappa shape index (κ3) is 0.989. The highest BCUT2D eigenvalue weighted by Gasteiger charge is 2.57. The van der Waals surface area contributed by atoms with E-state index in [0.29, 0.717) is 0 Å². The molecule has 1 saturated carbocycles. The van der Waals surface area contributed by atoms with Crippen LogP contribution >= 0.6 is 0 Å². The lowest BCUT2D eigenvalue weighted by molar-refractivity contribution is -0.212. The van der Waals surface area contributed by atoms with Crippen LogP contribution in [0.2, 0.25) is 0 Å². The SMILES string of the molecule is OC1(c2c[nH]nn2)CC(F)(F)C1. The van der Waals surface area contributed by atoms with E-state index in [1.165, 1.54) is 6.20 Å². The van der Waals surface area contributed by atoms with E-state index in [9.17, 15) is 13.9 Å². The van der Waals surface area contributed by atoms with Gasteiger partial charge in [0.2, 0.25) is 0 Å². The van der Waals surface area contributed by atoms with Gasteiger partial charge in [-0.05, 0) is 0 Å². The Morgan fingerprint density at radius 3 is 2.58 bits per heavy atom. The quantitative estimate of drug-likeness (QED) is 0.650. The Labute approximate surface area is 66.6 Å². The van der Waals surface area contributed by atoms with E-state index in [1.54, 1.807) is 0 Å². The van der Waals surface area contributed by atoms with E-state index < -0.39 is 24.4 Å². The number of H-pyrrole nitrogens is 1. The molecule has 0 amide bonds. The standard InChI is InChI=1S/C6H7F2N3O/c7-6(8)2-5(12,3-6)4-1-9-11-10-4/h1,12H,2-3H2,(H,9,10,11). The van der Waals surface area contributed by atoms with Gasteiger partial charge in [-0.25, -0.2) is 8.78 Å². The highest BCUT2D eigenvalue weighted by atomic mass is 19.3. The second-order valence-electron chi connectivity index (χ2n) is 3.10. The van der Waals surface area contributed by atoms with Crippen molar-refractivity contribution in [1.82, 2.24) is 15.4 Å². The summed E-state index contributed by atoms with van der Waals surface area (Å²) >= 11 is 0. The molecule has 1 aromatic rings. The Morgan fingerprint density at radius 2 is 2.17 bits per heavy atom. The first-order chi connectivity index (χ1) is 5.52. The average Bonchev–Trinajstić information content (AvgIpc) is 2.31. The molecule has 1 aliphatic rings. The fraction of sp³-hybridized carbons (Fsp3) is 0.667. The minimum absolute atomic E-state index is 0.188. The summed E-state index contributed by atoms with van der Waals surface area (Å²) in [6.07, 6.45) is 0.203. The van der Waals surface area contributed by atoms with Crippen LogP contribution in [0.5, 0.6) is 0 Å². The average molecular weight is 175 g/mol. The molecule has 12 heavy (non-hydrogen) atoms. The Hall–Kier alpha value is -1.04. The van der Waals surface area contributed by atoms with E-state index in [4.69, 9.17) is 0 Å². The van der Waals surface area contributed by atoms with Gasteiger partial charge in [0.1, 0.15) is 11.3 Å². The van der Waals surface area contributed by atoms with Crippen molar-refractivity contribution in [3.8, 4) is 0 Å². The predicted octanol–water partition coefficient (Wildman–Crippen LogP) is 0.421. The molecule has 0 aromatic carbocycles. The van der Waals surface area contributed by atoms with Gasteiger partial charge in [-0.15, -0.1) is 5.10 Å². The first-order valence-corrected chi connectivity index (χ1v) is 3.49. The van der Waals surface area contributed by atoms with Crippen LogP contribution in [-0.2, 0) is 5.60 Å². The van der Waals surface area contributed by atoms with E-state index in [1.807, 2.05) is 0 Å². The maximum atomic E-state index is 12.4. The van der Waals surface area contributed by atoms with E-state index in [0.717, 1.165) is 0 Å². The monoisotopic (exact) mass is 175 g/mol. The number of halogens is 2. The van der Waals surface area contributed by atoms with Crippen molar-refractivity contribution < 1.29 is 13.9 Å². The predicted molar refractivity (Wildman–Crippen MR) is 34.5 cm³/mol. The molecule has 6 heteroatoms. The van der Waals surface area contributed by atoms with Gasteiger partial charge in [0.05, 0.1) is 0 Å². The second kappa shape index (κ2) is 2.01. The van der Waals surface area contributed by atoms with Gasteiger partial charge in [-0.1, -0.05) is 5.21 Å². The molecule has 0 unspecified atom stereocenters. The summed E-state index contributed by atoms with van der Waals surface area (Å²) in [7, 11) is 0. The summed E-state index contributed by atoms with van der Waals surface area (Å²) in [5, 5.41) is 18.7. The molecule has 0 aliphatic heterocycles. The lowest BCUT2D eigenvalue weighted by Gasteiger charge is -2.41. The van der Waals surface area contributed by atoms with Crippen molar-refractivity contribution in [3.05, 3.63) is 11.9 Å². The van der Waals surface area contributed by atoms with Gasteiger partial charge in [-0.2, -0.15) is 0 Å². The summed E-state index contributed by atoms with van der Waals surface area (Å²) in [6, 6.07) is 0. The normalized spacial score (nSPS) is 24.9. The topological polar surface area (TPSA) is 61.8 Å². The molecule has 1 heterocycles. The Kier molecular flexibility index (Phi) is 1.27. The first-order valence-electron chi connectivity index (χ1n) is 3.49. The highest BCUT2D eigenvalue weighted by molar-refractivity contribution is 5.15. The van der Waals surface area contributed by atoms with Crippen molar-refractivity contribution in [2.75, 3.05) is 0 Å². The van der Waals surface area contributed by atoms with Crippen LogP contribution in [0.25, 0.3) is 0 Å².